The van der Waals surface area contributed by atoms with E-state index < -0.39 is 20.8 Å². The zero-order valence-electron chi connectivity index (χ0n) is 4.65. The Kier molecular flexibility index (Phi) is 6.12. The molecule has 0 aliphatic heterocycles. The van der Waals surface area contributed by atoms with E-state index in [9.17, 15) is 24.6 Å². The van der Waals surface area contributed by atoms with Crippen molar-refractivity contribution < 1.29 is 76.0 Å². The second-order valence-electron chi connectivity index (χ2n) is 0.899. The molecule has 0 aromatic rings. The summed E-state index contributed by atoms with van der Waals surface area (Å²) in [6, 6.07) is 0. The third kappa shape index (κ3) is 12.1. The molecule has 0 amide bonds. The van der Waals surface area contributed by atoms with E-state index in [1.54, 1.807) is 0 Å². The van der Waals surface area contributed by atoms with Crippen LogP contribution in [0.3, 0.4) is 0 Å². The topological polar surface area (TPSA) is 82.4 Å². The average molecular weight is 219 g/mol. The van der Waals surface area contributed by atoms with Gasteiger partial charge in [0.1, 0.15) is 0 Å². The third-order valence-electron chi connectivity index (χ3n) is 0.178. The van der Waals surface area contributed by atoms with Gasteiger partial charge >= 0.3 is 51.4 Å². The van der Waals surface area contributed by atoms with E-state index in [-0.39, 0.29) is 51.4 Å². The molecule has 0 saturated heterocycles. The summed E-state index contributed by atoms with van der Waals surface area (Å²) < 4.78 is 60.1. The number of hydrogen-bond donors (Lipinski definition) is 0. The van der Waals surface area contributed by atoms with Gasteiger partial charge in [-0.25, -0.2) is 16.8 Å². The van der Waals surface area contributed by atoms with E-state index in [1.807, 2.05) is 0 Å². The Morgan fingerprint density at radius 3 is 1.10 bits per heavy atom. The van der Waals surface area contributed by atoms with Crippen LogP contribution in [0.1, 0.15) is 0 Å². The Labute approximate surface area is 99.3 Å². The number of nitrogens with zero attached hydrogens (tertiary/aromatic N) is 1. The summed E-state index contributed by atoms with van der Waals surface area (Å²) >= 11 is 0. The van der Waals surface area contributed by atoms with Gasteiger partial charge in [0, 0.05) is 0 Å². The summed E-state index contributed by atoms with van der Waals surface area (Å²) in [4.78, 5) is 0. The first kappa shape index (κ1) is 13.9. The van der Waals surface area contributed by atoms with Gasteiger partial charge in [-0.3, -0.25) is 0 Å². The second-order valence-corrected chi connectivity index (χ2v) is 3.14. The van der Waals surface area contributed by atoms with Crippen LogP contribution in [0.25, 0.3) is 4.13 Å². The molecule has 0 aliphatic rings. The van der Waals surface area contributed by atoms with Crippen LogP contribution in [0.15, 0.2) is 0 Å². The van der Waals surface area contributed by atoms with E-state index in [0.29, 0.717) is 0 Å². The second kappa shape index (κ2) is 4.40. The molecule has 0 radical (unpaired) electrons. The molecule has 0 heterocycles. The van der Waals surface area contributed by atoms with Crippen LogP contribution in [-0.2, 0) is 20.8 Å². The quantitative estimate of drug-likeness (QED) is 0.361. The minimum Gasteiger partial charge on any atom is -0.379 e. The van der Waals surface area contributed by atoms with E-state index >= 15 is 0 Å². The normalized spacial score (nSPS) is 12.2. The molecular weight excluding hydrogens is 219 g/mol. The number of rotatable bonds is 2. The molecule has 10 heavy (non-hydrogen) atoms. The van der Waals surface area contributed by atoms with E-state index in [4.69, 9.17) is 0 Å². The van der Waals surface area contributed by atoms with Crippen molar-refractivity contribution in [3.05, 3.63) is 4.13 Å². The van der Waals surface area contributed by atoms with Gasteiger partial charge < -0.3 is 4.13 Å². The van der Waals surface area contributed by atoms with E-state index in [0.717, 1.165) is 4.13 Å². The van der Waals surface area contributed by atoms with Crippen LogP contribution in [0.5, 0.6) is 0 Å². The van der Waals surface area contributed by atoms with Crippen LogP contribution in [-0.4, -0.2) is 16.8 Å². The molecule has 0 atom stereocenters. The molecule has 0 unspecified atom stereocenters. The average Bonchev–Trinajstić information content (AvgIpc) is 1.14. The van der Waals surface area contributed by atoms with Gasteiger partial charge in [-0.1, -0.05) is 0 Å². The van der Waals surface area contributed by atoms with E-state index in [1.165, 1.54) is 0 Å². The summed E-state index contributed by atoms with van der Waals surface area (Å²) in [6.07, 6.45) is 0. The molecule has 56 valence electrons. The van der Waals surface area contributed by atoms with Gasteiger partial charge in [0.15, 0.2) is 0 Å². The van der Waals surface area contributed by atoms with Crippen molar-refractivity contribution in [2.24, 2.45) is 0 Å². The van der Waals surface area contributed by atoms with Crippen LogP contribution in [0, 0.1) is 0 Å². The first-order chi connectivity index (χ1) is 3.71. The van der Waals surface area contributed by atoms with Crippen LogP contribution in [0.2, 0.25) is 0 Å². The summed E-state index contributed by atoms with van der Waals surface area (Å²) in [7, 11) is -11.2. The zero-order valence-corrected chi connectivity index (χ0v) is 9.41. The molecule has 0 aromatic carbocycles. The maximum atomic E-state index is 11.1. The molecule has 0 bridgehead atoms. The van der Waals surface area contributed by atoms with E-state index in [2.05, 4.69) is 0 Å². The summed E-state index contributed by atoms with van der Waals surface area (Å²) in [5.74, 6) is 0. The maximum absolute atomic E-state index is 11.1. The Morgan fingerprint density at radius 2 is 1.10 bits per heavy atom. The minimum absolute atomic E-state index is 0. The van der Waals surface area contributed by atoms with Gasteiger partial charge in [-0.15, -0.1) is 7.77 Å². The molecular formula is F2KNO4S2. The molecule has 0 fully saturated rings. The standard InChI is InChI=1S/F2NO4S2.K/c1-8(4,5)3-9(2,6)7;/q-1;+1. The predicted molar refractivity (Wildman–Crippen MR) is 23.4 cm³/mol. The largest absolute Gasteiger partial charge is 1.00 e. The van der Waals surface area contributed by atoms with Crippen molar-refractivity contribution in [3.8, 4) is 0 Å². The third-order valence-corrected chi connectivity index (χ3v) is 1.60. The molecule has 0 rings (SSSR count). The summed E-state index contributed by atoms with van der Waals surface area (Å²) in [5.41, 5.74) is 0. The summed E-state index contributed by atoms with van der Waals surface area (Å²) in [6.45, 7) is 0. The van der Waals surface area contributed by atoms with Gasteiger partial charge in [0.2, 0.25) is 20.8 Å². The molecule has 0 spiro atoms. The Morgan fingerprint density at radius 1 is 0.900 bits per heavy atom. The van der Waals surface area contributed by atoms with Crippen molar-refractivity contribution >= 4 is 20.8 Å². The fourth-order valence-electron chi connectivity index (χ4n) is 0.106. The molecule has 0 N–H and O–H groups in total. The molecule has 0 saturated carbocycles. The monoisotopic (exact) mass is 219 g/mol. The fraction of sp³-hybridized carbons (Fsp3) is 0. The zero-order chi connectivity index (χ0) is 7.71. The van der Waals surface area contributed by atoms with Crippen LogP contribution >= 0.6 is 0 Å². The van der Waals surface area contributed by atoms with Gasteiger partial charge in [-0.05, 0) is 0 Å². The van der Waals surface area contributed by atoms with Crippen molar-refractivity contribution in [2.45, 2.75) is 0 Å². The molecule has 0 aliphatic carbocycles. The van der Waals surface area contributed by atoms with Crippen molar-refractivity contribution in [1.82, 2.24) is 0 Å². The Balaban J connectivity index is 0. The SMILES string of the molecule is O=S(=O)(F)[N-]S(=O)(=O)F.[K+]. The predicted octanol–water partition coefficient (Wildman–Crippen LogP) is -3.21. The maximum Gasteiger partial charge on any atom is 1.00 e. The first-order valence-corrected chi connectivity index (χ1v) is 4.02. The number of hydrogen-bond acceptors (Lipinski definition) is 4. The smallest absolute Gasteiger partial charge is 0.379 e. The summed E-state index contributed by atoms with van der Waals surface area (Å²) in [5, 5.41) is 0. The Hall–Kier alpha value is 1.36. The van der Waals surface area contributed by atoms with Gasteiger partial charge in [0.25, 0.3) is 0 Å². The van der Waals surface area contributed by atoms with Crippen LogP contribution in [0.4, 0.5) is 7.77 Å². The number of halogens is 2. The first-order valence-electron chi connectivity index (χ1n) is 1.34. The molecule has 10 heteroatoms. The van der Waals surface area contributed by atoms with Gasteiger partial charge in [0.05, 0.1) is 0 Å². The molecule has 0 aromatic heterocycles. The fourth-order valence-corrected chi connectivity index (χ4v) is 0.957. The Bertz CT molecular complexity index is 246. The van der Waals surface area contributed by atoms with Crippen LogP contribution < -0.4 is 51.4 Å². The van der Waals surface area contributed by atoms with Crippen molar-refractivity contribution in [2.75, 3.05) is 0 Å². The molecule has 5 nitrogen and oxygen atoms in total. The van der Waals surface area contributed by atoms with Crippen molar-refractivity contribution in [1.29, 1.82) is 0 Å². The van der Waals surface area contributed by atoms with Gasteiger partial charge in [-0.2, -0.15) is 0 Å². The van der Waals surface area contributed by atoms with Crippen molar-refractivity contribution in [3.63, 3.8) is 0 Å². The minimum atomic E-state index is -5.62.